The van der Waals surface area contributed by atoms with Crippen molar-refractivity contribution in [1.29, 1.82) is 0 Å². The van der Waals surface area contributed by atoms with E-state index in [1.807, 2.05) is 0 Å². The molecule has 1 fully saturated rings. The van der Waals surface area contributed by atoms with Crippen LogP contribution in [0.4, 0.5) is 31.1 Å². The Balaban J connectivity index is 2.06. The van der Waals surface area contributed by atoms with Crippen LogP contribution in [-0.4, -0.2) is 50.1 Å². The number of terminal acetylenes is 1. The fourth-order valence-corrected chi connectivity index (χ4v) is 2.96. The Morgan fingerprint density at radius 2 is 1.90 bits per heavy atom. The van der Waals surface area contributed by atoms with Gasteiger partial charge in [-0.2, -0.15) is 26.3 Å². The predicted molar refractivity (Wildman–Crippen MR) is 90.3 cm³/mol. The van der Waals surface area contributed by atoms with Crippen LogP contribution in [0.1, 0.15) is 12.0 Å². The number of urea groups is 1. The quantitative estimate of drug-likeness (QED) is 0.579. The summed E-state index contributed by atoms with van der Waals surface area (Å²) in [4.78, 5) is 12.7. The van der Waals surface area contributed by atoms with E-state index in [0.29, 0.717) is 16.2 Å². The SMILES string of the molecule is C#CCOc1cc(CNC(=O)N2CCC(C(F)(F)F)(C(F)(F)F)C2)ccc1OC. The molecule has 5 nitrogen and oxygen atoms in total. The van der Waals surface area contributed by atoms with E-state index in [4.69, 9.17) is 15.9 Å². The molecule has 2 amide bonds. The van der Waals surface area contributed by atoms with Gasteiger partial charge in [-0.05, 0) is 24.1 Å². The third-order valence-corrected chi connectivity index (χ3v) is 4.62. The molecule has 0 aromatic heterocycles. The maximum atomic E-state index is 13.1. The number of alkyl halides is 6. The molecule has 0 atom stereocenters. The van der Waals surface area contributed by atoms with Gasteiger partial charge in [0.05, 0.1) is 7.11 Å². The average molecular weight is 424 g/mol. The fourth-order valence-electron chi connectivity index (χ4n) is 2.96. The minimum atomic E-state index is -5.51. The third-order valence-electron chi connectivity index (χ3n) is 4.62. The number of ether oxygens (including phenoxy) is 2. The van der Waals surface area contributed by atoms with Crippen LogP contribution >= 0.6 is 0 Å². The monoisotopic (exact) mass is 424 g/mol. The normalized spacial score (nSPS) is 16.3. The molecule has 160 valence electrons. The second-order valence-electron chi connectivity index (χ2n) is 6.39. The summed E-state index contributed by atoms with van der Waals surface area (Å²) in [6.07, 6.45) is -7.15. The number of rotatable bonds is 5. The standard InChI is InChI=1S/C18H18F6N2O3/c1-3-8-29-14-9-12(4-5-13(14)28-2)10-25-15(27)26-7-6-16(11-26,17(19,20)21)18(22,23)24/h1,4-5,9H,6-8,10-11H2,2H3,(H,25,27). The van der Waals surface area contributed by atoms with Crippen LogP contribution < -0.4 is 14.8 Å². The minimum absolute atomic E-state index is 0.0447. The summed E-state index contributed by atoms with van der Waals surface area (Å²) in [5.74, 6) is 2.92. The Kier molecular flexibility index (Phi) is 6.45. The molecule has 1 aromatic carbocycles. The molecule has 0 spiro atoms. The van der Waals surface area contributed by atoms with Crippen molar-refractivity contribution in [1.82, 2.24) is 10.2 Å². The lowest BCUT2D eigenvalue weighted by atomic mass is 9.85. The van der Waals surface area contributed by atoms with Crippen LogP contribution in [0.15, 0.2) is 18.2 Å². The molecule has 0 aliphatic carbocycles. The summed E-state index contributed by atoms with van der Waals surface area (Å²) in [6.45, 7) is -2.33. The smallest absolute Gasteiger partial charge is 0.404 e. The highest BCUT2D eigenvalue weighted by Crippen LogP contribution is 2.55. The van der Waals surface area contributed by atoms with Gasteiger partial charge in [-0.15, -0.1) is 6.42 Å². The zero-order valence-corrected chi connectivity index (χ0v) is 15.3. The largest absolute Gasteiger partial charge is 0.493 e. The van der Waals surface area contributed by atoms with Crippen LogP contribution in [0.2, 0.25) is 0 Å². The van der Waals surface area contributed by atoms with E-state index in [1.165, 1.54) is 19.2 Å². The Hall–Kier alpha value is -2.77. The van der Waals surface area contributed by atoms with Gasteiger partial charge in [0.1, 0.15) is 6.61 Å². The lowest BCUT2D eigenvalue weighted by Gasteiger charge is -2.33. The van der Waals surface area contributed by atoms with Crippen molar-refractivity contribution in [2.45, 2.75) is 25.3 Å². The van der Waals surface area contributed by atoms with E-state index in [9.17, 15) is 31.1 Å². The Bertz CT molecular complexity index is 771. The van der Waals surface area contributed by atoms with Crippen molar-refractivity contribution in [2.24, 2.45) is 5.41 Å². The Labute approximate surface area is 162 Å². The van der Waals surface area contributed by atoms with Gasteiger partial charge in [-0.1, -0.05) is 12.0 Å². The molecule has 1 heterocycles. The molecule has 2 rings (SSSR count). The highest BCUT2D eigenvalue weighted by atomic mass is 19.4. The Morgan fingerprint density at radius 3 is 2.41 bits per heavy atom. The number of benzene rings is 1. The van der Waals surface area contributed by atoms with E-state index in [2.05, 4.69) is 11.2 Å². The number of likely N-dealkylation sites (tertiary alicyclic amines) is 1. The number of nitrogens with one attached hydrogen (secondary N) is 1. The number of amides is 2. The van der Waals surface area contributed by atoms with Gasteiger partial charge in [0.25, 0.3) is 0 Å². The topological polar surface area (TPSA) is 50.8 Å². The van der Waals surface area contributed by atoms with Crippen molar-refractivity contribution in [3.8, 4) is 23.8 Å². The molecule has 1 aliphatic rings. The molecule has 1 aromatic rings. The van der Waals surface area contributed by atoms with Gasteiger partial charge >= 0.3 is 18.4 Å². The number of nitrogens with zero attached hydrogens (tertiary/aromatic N) is 1. The van der Waals surface area contributed by atoms with Gasteiger partial charge in [0.15, 0.2) is 16.9 Å². The summed E-state index contributed by atoms with van der Waals surface area (Å²) >= 11 is 0. The molecule has 11 heteroatoms. The van der Waals surface area contributed by atoms with Crippen LogP contribution in [0.3, 0.4) is 0 Å². The first kappa shape index (κ1) is 22.5. The molecular formula is C18H18F6N2O3. The molecule has 0 bridgehead atoms. The second kappa shape index (κ2) is 8.31. The molecular weight excluding hydrogens is 406 g/mol. The van der Waals surface area contributed by atoms with Crippen molar-refractivity contribution >= 4 is 6.03 Å². The second-order valence-corrected chi connectivity index (χ2v) is 6.39. The molecule has 1 N–H and O–H groups in total. The van der Waals surface area contributed by atoms with Crippen LogP contribution in [0.25, 0.3) is 0 Å². The lowest BCUT2D eigenvalue weighted by Crippen LogP contribution is -2.52. The molecule has 0 radical (unpaired) electrons. The van der Waals surface area contributed by atoms with Gasteiger partial charge in [0.2, 0.25) is 0 Å². The van der Waals surface area contributed by atoms with Crippen LogP contribution in [0, 0.1) is 17.8 Å². The number of methoxy groups -OCH3 is 1. The maximum absolute atomic E-state index is 13.1. The van der Waals surface area contributed by atoms with Crippen LogP contribution in [0.5, 0.6) is 11.5 Å². The number of carbonyl (C=O) groups excluding carboxylic acids is 1. The molecule has 0 unspecified atom stereocenters. The van der Waals surface area contributed by atoms with Crippen molar-refractivity contribution in [3.05, 3.63) is 23.8 Å². The fraction of sp³-hybridized carbons (Fsp3) is 0.500. The molecule has 1 saturated heterocycles. The molecule has 29 heavy (non-hydrogen) atoms. The van der Waals surface area contributed by atoms with Crippen molar-refractivity contribution < 1.29 is 40.6 Å². The maximum Gasteiger partial charge on any atom is 0.404 e. The van der Waals surface area contributed by atoms with Crippen molar-refractivity contribution in [2.75, 3.05) is 26.8 Å². The minimum Gasteiger partial charge on any atom is -0.493 e. The highest BCUT2D eigenvalue weighted by molar-refractivity contribution is 5.74. The van der Waals surface area contributed by atoms with E-state index < -0.39 is 43.3 Å². The first-order chi connectivity index (χ1) is 13.4. The van der Waals surface area contributed by atoms with Gasteiger partial charge in [0, 0.05) is 19.6 Å². The zero-order valence-electron chi connectivity index (χ0n) is 15.3. The van der Waals surface area contributed by atoms with E-state index in [0.717, 1.165) is 0 Å². The summed E-state index contributed by atoms with van der Waals surface area (Å²) in [7, 11) is 1.40. The zero-order chi connectivity index (χ0) is 21.9. The van der Waals surface area contributed by atoms with E-state index in [1.54, 1.807) is 6.07 Å². The van der Waals surface area contributed by atoms with Gasteiger partial charge in [-0.25, -0.2) is 4.79 Å². The number of hydrogen-bond acceptors (Lipinski definition) is 3. The average Bonchev–Trinajstić information content (AvgIpc) is 3.11. The first-order valence-electron chi connectivity index (χ1n) is 8.34. The van der Waals surface area contributed by atoms with E-state index in [-0.39, 0.29) is 18.9 Å². The summed E-state index contributed by atoms with van der Waals surface area (Å²) < 4.78 is 89.0. The van der Waals surface area contributed by atoms with Gasteiger partial charge < -0.3 is 19.7 Å². The lowest BCUT2D eigenvalue weighted by molar-refractivity contribution is -0.334. The van der Waals surface area contributed by atoms with Gasteiger partial charge in [-0.3, -0.25) is 0 Å². The number of halogens is 6. The summed E-state index contributed by atoms with van der Waals surface area (Å²) in [5, 5.41) is 2.32. The number of hydrogen-bond donors (Lipinski definition) is 1. The molecule has 0 saturated carbocycles. The molecule has 1 aliphatic heterocycles. The Morgan fingerprint density at radius 1 is 1.24 bits per heavy atom. The number of carbonyl (C=O) groups is 1. The third kappa shape index (κ3) is 4.63. The van der Waals surface area contributed by atoms with Crippen LogP contribution in [-0.2, 0) is 6.54 Å². The summed E-state index contributed by atoms with van der Waals surface area (Å²) in [6, 6.07) is 3.56. The van der Waals surface area contributed by atoms with E-state index >= 15 is 0 Å². The van der Waals surface area contributed by atoms with Crippen molar-refractivity contribution in [3.63, 3.8) is 0 Å². The summed E-state index contributed by atoms with van der Waals surface area (Å²) in [5.41, 5.74) is -3.43. The highest BCUT2D eigenvalue weighted by Gasteiger charge is 2.72. The first-order valence-corrected chi connectivity index (χ1v) is 8.34. The predicted octanol–water partition coefficient (Wildman–Crippen LogP) is 3.73.